The third-order valence-electron chi connectivity index (χ3n) is 4.46. The number of carbonyl (C=O) groups is 3. The van der Waals surface area contributed by atoms with Crippen molar-refractivity contribution >= 4 is 29.0 Å². The molecule has 0 fully saturated rings. The molecule has 0 aliphatic carbocycles. The van der Waals surface area contributed by atoms with E-state index in [1.54, 1.807) is 42.5 Å². The summed E-state index contributed by atoms with van der Waals surface area (Å²) in [5.74, 6) is 0.110. The van der Waals surface area contributed by atoms with Gasteiger partial charge in [-0.1, -0.05) is 12.1 Å². The molecule has 28 heavy (non-hydrogen) atoms. The molecule has 0 saturated carbocycles. The average molecular weight is 382 g/mol. The van der Waals surface area contributed by atoms with Crippen molar-refractivity contribution in [1.29, 1.82) is 0 Å². The van der Waals surface area contributed by atoms with Crippen molar-refractivity contribution in [3.63, 3.8) is 0 Å². The van der Waals surface area contributed by atoms with Gasteiger partial charge < -0.3 is 20.1 Å². The van der Waals surface area contributed by atoms with Gasteiger partial charge in [-0.3, -0.25) is 14.4 Å². The average Bonchev–Trinajstić information content (AvgIpc) is 2.68. The first kappa shape index (κ1) is 19.4. The fourth-order valence-electron chi connectivity index (χ4n) is 2.61. The van der Waals surface area contributed by atoms with Crippen molar-refractivity contribution in [2.45, 2.75) is 20.8 Å². The lowest BCUT2D eigenvalue weighted by Crippen LogP contribution is -2.41. The van der Waals surface area contributed by atoms with E-state index in [0.29, 0.717) is 41.7 Å². The van der Waals surface area contributed by atoms with E-state index in [-0.39, 0.29) is 5.78 Å². The number of anilines is 2. The number of ketones is 1. The third-order valence-corrected chi connectivity index (χ3v) is 4.46. The maximum absolute atomic E-state index is 12.7. The summed E-state index contributed by atoms with van der Waals surface area (Å²) < 4.78 is 11.0. The molecule has 0 bridgehead atoms. The molecule has 3 rings (SSSR count). The molecule has 7 heteroatoms. The predicted octanol–water partition coefficient (Wildman–Crippen LogP) is 3.26. The van der Waals surface area contributed by atoms with E-state index >= 15 is 0 Å². The molecule has 0 radical (unpaired) electrons. The maximum Gasteiger partial charge on any atom is 0.239 e. The van der Waals surface area contributed by atoms with Crippen molar-refractivity contribution in [3.05, 3.63) is 48.0 Å². The Balaban J connectivity index is 1.70. The third kappa shape index (κ3) is 4.14. The minimum atomic E-state index is -1.35. The van der Waals surface area contributed by atoms with Crippen LogP contribution in [-0.4, -0.2) is 30.8 Å². The Bertz CT molecular complexity index is 936. The van der Waals surface area contributed by atoms with E-state index in [1.165, 1.54) is 20.8 Å². The molecule has 0 aromatic heterocycles. The van der Waals surface area contributed by atoms with E-state index in [4.69, 9.17) is 9.47 Å². The highest BCUT2D eigenvalue weighted by atomic mass is 16.6. The summed E-state index contributed by atoms with van der Waals surface area (Å²) in [5, 5.41) is 5.44. The molecule has 1 aliphatic heterocycles. The molecule has 2 aromatic carbocycles. The second-order valence-corrected chi connectivity index (χ2v) is 7.03. The molecular weight excluding hydrogens is 360 g/mol. The van der Waals surface area contributed by atoms with Crippen molar-refractivity contribution in [2.24, 2.45) is 5.41 Å². The van der Waals surface area contributed by atoms with Crippen molar-refractivity contribution in [3.8, 4) is 11.5 Å². The van der Waals surface area contributed by atoms with Gasteiger partial charge in [0.05, 0.1) is 0 Å². The molecule has 0 unspecified atom stereocenters. The second-order valence-electron chi connectivity index (χ2n) is 7.03. The molecule has 7 nitrogen and oxygen atoms in total. The topological polar surface area (TPSA) is 93.7 Å². The second kappa shape index (κ2) is 7.72. The van der Waals surface area contributed by atoms with Gasteiger partial charge in [-0.2, -0.15) is 0 Å². The number of amides is 2. The quantitative estimate of drug-likeness (QED) is 0.611. The Morgan fingerprint density at radius 2 is 1.46 bits per heavy atom. The summed E-state index contributed by atoms with van der Waals surface area (Å²) in [6, 6.07) is 11.7. The van der Waals surface area contributed by atoms with Crippen molar-refractivity contribution in [2.75, 3.05) is 23.8 Å². The van der Waals surface area contributed by atoms with Gasteiger partial charge in [0, 0.05) is 23.0 Å². The first-order valence-electron chi connectivity index (χ1n) is 8.91. The van der Waals surface area contributed by atoms with Crippen LogP contribution in [0.15, 0.2) is 42.5 Å². The fraction of sp³-hybridized carbons (Fsp3) is 0.286. The molecule has 1 aliphatic rings. The lowest BCUT2D eigenvalue weighted by molar-refractivity contribution is -0.135. The van der Waals surface area contributed by atoms with Gasteiger partial charge in [-0.25, -0.2) is 0 Å². The van der Waals surface area contributed by atoms with E-state index < -0.39 is 17.2 Å². The highest BCUT2D eigenvalue weighted by Crippen LogP contribution is 2.33. The smallest absolute Gasteiger partial charge is 0.239 e. The minimum Gasteiger partial charge on any atom is -0.486 e. The summed E-state index contributed by atoms with van der Waals surface area (Å²) in [7, 11) is 0. The number of rotatable bonds is 5. The van der Waals surface area contributed by atoms with Gasteiger partial charge in [0.15, 0.2) is 17.3 Å². The van der Waals surface area contributed by atoms with Crippen LogP contribution in [-0.2, 0) is 9.59 Å². The normalized spacial score (nSPS) is 12.8. The van der Waals surface area contributed by atoms with Crippen LogP contribution < -0.4 is 20.1 Å². The molecule has 2 aromatic rings. The first-order chi connectivity index (χ1) is 13.3. The predicted molar refractivity (Wildman–Crippen MR) is 105 cm³/mol. The number of hydrogen-bond acceptors (Lipinski definition) is 5. The van der Waals surface area contributed by atoms with Crippen LogP contribution in [0.5, 0.6) is 11.5 Å². The van der Waals surface area contributed by atoms with E-state index in [9.17, 15) is 14.4 Å². The molecule has 0 atom stereocenters. The molecule has 0 saturated heterocycles. The maximum atomic E-state index is 12.7. The molecule has 2 N–H and O–H groups in total. The molecular formula is C21H22N2O5. The van der Waals surface area contributed by atoms with Crippen LogP contribution in [0, 0.1) is 5.41 Å². The van der Waals surface area contributed by atoms with Crippen LogP contribution in [0.2, 0.25) is 0 Å². The molecule has 146 valence electrons. The summed E-state index contributed by atoms with van der Waals surface area (Å²) in [6.45, 7) is 5.44. The Morgan fingerprint density at radius 1 is 0.857 bits per heavy atom. The number of ether oxygens (including phenoxy) is 2. The number of nitrogens with one attached hydrogen (secondary N) is 2. The standard InChI is InChI=1S/C21H22N2O5/c1-13(24)14-5-4-6-15(11-14)22-19(25)21(2,3)20(26)23-16-7-8-17-18(12-16)28-10-9-27-17/h4-8,11-12H,9-10H2,1-3H3,(H,22,25)(H,23,26). The number of fused-ring (bicyclic) bond motifs is 1. The number of benzene rings is 2. The Kier molecular flexibility index (Phi) is 5.35. The first-order valence-corrected chi connectivity index (χ1v) is 8.91. The Hall–Kier alpha value is -3.35. The molecule has 0 spiro atoms. The molecule has 1 heterocycles. The largest absolute Gasteiger partial charge is 0.486 e. The van der Waals surface area contributed by atoms with E-state index in [1.807, 2.05) is 0 Å². The molecule has 2 amide bonds. The van der Waals surface area contributed by atoms with Gasteiger partial charge in [-0.15, -0.1) is 0 Å². The number of carbonyl (C=O) groups excluding carboxylic acids is 3. The van der Waals surface area contributed by atoms with Crippen LogP contribution in [0.3, 0.4) is 0 Å². The van der Waals surface area contributed by atoms with Crippen molar-refractivity contribution in [1.82, 2.24) is 0 Å². The van der Waals surface area contributed by atoms with Gasteiger partial charge >= 0.3 is 0 Å². The zero-order valence-corrected chi connectivity index (χ0v) is 16.0. The van der Waals surface area contributed by atoms with Crippen LogP contribution in [0.25, 0.3) is 0 Å². The lowest BCUT2D eigenvalue weighted by Gasteiger charge is -2.24. The monoisotopic (exact) mass is 382 g/mol. The SMILES string of the molecule is CC(=O)c1cccc(NC(=O)C(C)(C)C(=O)Nc2ccc3c(c2)OCCO3)c1. The zero-order chi connectivity index (χ0) is 20.3. The highest BCUT2D eigenvalue weighted by Gasteiger charge is 2.36. The Labute approximate surface area is 163 Å². The van der Waals surface area contributed by atoms with Crippen LogP contribution in [0.1, 0.15) is 31.1 Å². The van der Waals surface area contributed by atoms with Gasteiger partial charge in [0.1, 0.15) is 18.6 Å². The summed E-state index contributed by atoms with van der Waals surface area (Å²) in [4.78, 5) is 36.9. The van der Waals surface area contributed by atoms with Gasteiger partial charge in [0.25, 0.3) is 0 Å². The summed E-state index contributed by atoms with van der Waals surface area (Å²) in [6.07, 6.45) is 0. The minimum absolute atomic E-state index is 0.105. The summed E-state index contributed by atoms with van der Waals surface area (Å²) in [5.41, 5.74) is 0.0994. The number of hydrogen-bond donors (Lipinski definition) is 2. The van der Waals surface area contributed by atoms with Gasteiger partial charge in [0.2, 0.25) is 11.8 Å². The van der Waals surface area contributed by atoms with Gasteiger partial charge in [-0.05, 0) is 45.0 Å². The summed E-state index contributed by atoms with van der Waals surface area (Å²) >= 11 is 0. The fourth-order valence-corrected chi connectivity index (χ4v) is 2.61. The van der Waals surface area contributed by atoms with Crippen molar-refractivity contribution < 1.29 is 23.9 Å². The highest BCUT2D eigenvalue weighted by molar-refractivity contribution is 6.14. The van der Waals surface area contributed by atoms with E-state index in [0.717, 1.165) is 0 Å². The Morgan fingerprint density at radius 3 is 2.11 bits per heavy atom. The number of Topliss-reactive ketones (excluding diaryl/α,β-unsaturated/α-hetero) is 1. The van der Waals surface area contributed by atoms with Crippen LogP contribution >= 0.6 is 0 Å². The van der Waals surface area contributed by atoms with E-state index in [2.05, 4.69) is 10.6 Å². The zero-order valence-electron chi connectivity index (χ0n) is 16.0. The van der Waals surface area contributed by atoms with Crippen LogP contribution in [0.4, 0.5) is 11.4 Å². The lowest BCUT2D eigenvalue weighted by atomic mass is 9.90.